The van der Waals surface area contributed by atoms with Gasteiger partial charge in [-0.15, -0.1) is 0 Å². The molecule has 2 aromatic heterocycles. The minimum atomic E-state index is -3.90. The van der Waals surface area contributed by atoms with E-state index in [0.29, 0.717) is 29.1 Å². The third-order valence-electron chi connectivity index (χ3n) is 4.91. The first-order valence-electron chi connectivity index (χ1n) is 10.2. The van der Waals surface area contributed by atoms with Crippen LogP contribution in [-0.2, 0) is 10.0 Å². The number of sulfonamides is 1. The van der Waals surface area contributed by atoms with Crippen molar-refractivity contribution in [2.24, 2.45) is 5.14 Å². The summed E-state index contributed by atoms with van der Waals surface area (Å²) >= 11 is 0. The van der Waals surface area contributed by atoms with Gasteiger partial charge in [-0.2, -0.15) is 0 Å². The van der Waals surface area contributed by atoms with Crippen molar-refractivity contribution in [3.8, 4) is 11.4 Å². The van der Waals surface area contributed by atoms with Crippen LogP contribution in [0.1, 0.15) is 23.8 Å². The predicted molar refractivity (Wildman–Crippen MR) is 125 cm³/mol. The van der Waals surface area contributed by atoms with Gasteiger partial charge in [0.15, 0.2) is 0 Å². The number of aromatic amines is 1. The summed E-state index contributed by atoms with van der Waals surface area (Å²) < 4.78 is 30.2. The number of ether oxygens (including phenoxy) is 1. The predicted octanol–water partition coefficient (Wildman–Crippen LogP) is 3.01. The van der Waals surface area contributed by atoms with E-state index in [9.17, 15) is 18.0 Å². The molecule has 170 valence electrons. The molecule has 33 heavy (non-hydrogen) atoms. The zero-order chi connectivity index (χ0) is 23.6. The molecule has 0 aliphatic carbocycles. The number of carbonyl (C=O) groups is 1. The number of H-pyrrole nitrogens is 1. The van der Waals surface area contributed by atoms with Crippen LogP contribution in [0.5, 0.6) is 5.75 Å². The van der Waals surface area contributed by atoms with Gasteiger partial charge in [0, 0.05) is 17.1 Å². The average molecular weight is 467 g/mol. The topological polar surface area (TPSA) is 136 Å². The van der Waals surface area contributed by atoms with E-state index in [2.05, 4.69) is 10.3 Å². The number of pyridine rings is 1. The fourth-order valence-electron chi connectivity index (χ4n) is 3.36. The lowest BCUT2D eigenvalue weighted by Crippen LogP contribution is -2.18. The molecule has 0 atom stereocenters. The number of nitrogens with one attached hydrogen (secondary N) is 2. The molecular formula is C23H22N4O5S. The van der Waals surface area contributed by atoms with Gasteiger partial charge in [-0.3, -0.25) is 14.2 Å². The Balaban J connectivity index is 1.66. The summed E-state index contributed by atoms with van der Waals surface area (Å²) in [6, 6.07) is 17.4. The number of rotatable bonds is 7. The number of nitrogens with zero attached hydrogens (tertiary/aromatic N) is 1. The second-order valence-electron chi connectivity index (χ2n) is 7.36. The van der Waals surface area contributed by atoms with E-state index < -0.39 is 15.9 Å². The van der Waals surface area contributed by atoms with Crippen LogP contribution in [-0.4, -0.2) is 30.5 Å². The van der Waals surface area contributed by atoms with Crippen molar-refractivity contribution in [2.45, 2.75) is 18.2 Å². The fraction of sp³-hybridized carbons (Fsp3) is 0.130. The number of hydrogen-bond donors (Lipinski definition) is 3. The molecule has 0 unspecified atom stereocenters. The molecule has 0 fully saturated rings. The van der Waals surface area contributed by atoms with E-state index in [1.54, 1.807) is 42.5 Å². The highest BCUT2D eigenvalue weighted by atomic mass is 32.2. The van der Waals surface area contributed by atoms with Gasteiger partial charge in [-0.1, -0.05) is 13.0 Å². The van der Waals surface area contributed by atoms with Crippen LogP contribution in [0, 0.1) is 0 Å². The molecule has 4 aromatic rings. The van der Waals surface area contributed by atoms with Crippen LogP contribution >= 0.6 is 0 Å². The smallest absolute Gasteiger partial charge is 0.272 e. The van der Waals surface area contributed by atoms with Gasteiger partial charge in [0.2, 0.25) is 10.0 Å². The SMILES string of the molecule is CCCOc1ccc(-n2c(=O)ccc3cc(C(=O)Nc4cccc(S(N)(=O)=O)c4)[nH]c32)cc1. The molecule has 0 radical (unpaired) electrons. The van der Waals surface area contributed by atoms with E-state index in [1.807, 2.05) is 6.92 Å². The van der Waals surface area contributed by atoms with Crippen molar-refractivity contribution in [3.63, 3.8) is 0 Å². The molecule has 0 bridgehead atoms. The monoisotopic (exact) mass is 466 g/mol. The van der Waals surface area contributed by atoms with Gasteiger partial charge in [-0.05, 0) is 61.0 Å². The average Bonchev–Trinajstić information content (AvgIpc) is 3.22. The molecule has 9 nitrogen and oxygen atoms in total. The summed E-state index contributed by atoms with van der Waals surface area (Å²) in [7, 11) is -3.90. The van der Waals surface area contributed by atoms with Gasteiger partial charge in [0.1, 0.15) is 17.1 Å². The van der Waals surface area contributed by atoms with Crippen molar-refractivity contribution >= 4 is 32.7 Å². The molecule has 4 N–H and O–H groups in total. The Hall–Kier alpha value is -3.89. The Kier molecular flexibility index (Phi) is 6.03. The highest BCUT2D eigenvalue weighted by molar-refractivity contribution is 7.89. The lowest BCUT2D eigenvalue weighted by atomic mass is 10.2. The van der Waals surface area contributed by atoms with Gasteiger partial charge in [-0.25, -0.2) is 13.6 Å². The number of aromatic nitrogens is 2. The molecule has 0 aliphatic rings. The van der Waals surface area contributed by atoms with Crippen molar-refractivity contribution in [2.75, 3.05) is 11.9 Å². The molecule has 0 spiro atoms. The fourth-order valence-corrected chi connectivity index (χ4v) is 3.92. The van der Waals surface area contributed by atoms with E-state index in [-0.39, 0.29) is 21.8 Å². The summed E-state index contributed by atoms with van der Waals surface area (Å²) in [5.74, 6) is 0.203. The summed E-state index contributed by atoms with van der Waals surface area (Å²) in [4.78, 5) is 28.3. The Labute approximate surface area is 189 Å². The molecule has 4 rings (SSSR count). The largest absolute Gasteiger partial charge is 0.494 e. The van der Waals surface area contributed by atoms with E-state index >= 15 is 0 Å². The van der Waals surface area contributed by atoms with Gasteiger partial charge in [0.25, 0.3) is 11.5 Å². The first-order chi connectivity index (χ1) is 15.8. The molecule has 0 saturated carbocycles. The van der Waals surface area contributed by atoms with Crippen molar-refractivity contribution in [3.05, 3.63) is 82.8 Å². The number of hydrogen-bond acceptors (Lipinski definition) is 5. The molecule has 10 heteroatoms. The molecule has 0 saturated heterocycles. The maximum absolute atomic E-state index is 12.8. The van der Waals surface area contributed by atoms with Gasteiger partial charge < -0.3 is 15.0 Å². The second-order valence-corrected chi connectivity index (χ2v) is 8.92. The summed E-state index contributed by atoms with van der Waals surface area (Å²) in [5.41, 5.74) is 1.27. The Bertz CT molecular complexity index is 1490. The van der Waals surface area contributed by atoms with Crippen molar-refractivity contribution < 1.29 is 17.9 Å². The zero-order valence-corrected chi connectivity index (χ0v) is 18.6. The number of benzene rings is 2. The maximum Gasteiger partial charge on any atom is 0.272 e. The van der Waals surface area contributed by atoms with Crippen LogP contribution in [0.3, 0.4) is 0 Å². The first kappa shape index (κ1) is 22.3. The number of anilines is 1. The number of amides is 1. The quantitative estimate of drug-likeness (QED) is 0.385. The summed E-state index contributed by atoms with van der Waals surface area (Å²) in [5, 5.41) is 8.45. The normalized spacial score (nSPS) is 11.5. The lowest BCUT2D eigenvalue weighted by molar-refractivity contribution is 0.102. The molecule has 0 aliphatic heterocycles. The third kappa shape index (κ3) is 4.81. The van der Waals surface area contributed by atoms with Crippen LogP contribution in [0.25, 0.3) is 16.7 Å². The lowest BCUT2D eigenvalue weighted by Gasteiger charge is -2.09. The maximum atomic E-state index is 12.8. The van der Waals surface area contributed by atoms with E-state index in [0.717, 1.165) is 6.42 Å². The van der Waals surface area contributed by atoms with Crippen molar-refractivity contribution in [1.82, 2.24) is 9.55 Å². The van der Waals surface area contributed by atoms with Crippen molar-refractivity contribution in [1.29, 1.82) is 0 Å². The molecular weight excluding hydrogens is 444 g/mol. The van der Waals surface area contributed by atoms with E-state index in [1.165, 1.54) is 28.8 Å². The standard InChI is InChI=1S/C23H22N4O5S/c1-2-12-32-18-9-7-17(8-10-18)27-21(28)11-6-15-13-20(26-22(15)27)23(29)25-16-4-3-5-19(14-16)33(24,30)31/h3-11,13-14,26H,2,12H2,1H3,(H,25,29)(H2,24,30,31). The van der Waals surface area contributed by atoms with E-state index in [4.69, 9.17) is 9.88 Å². The second kappa shape index (κ2) is 8.93. The van der Waals surface area contributed by atoms with Crippen LogP contribution in [0.2, 0.25) is 0 Å². The summed E-state index contributed by atoms with van der Waals surface area (Å²) in [6.45, 7) is 2.62. The number of carbonyl (C=O) groups excluding carboxylic acids is 1. The van der Waals surface area contributed by atoms with Crippen LogP contribution in [0.4, 0.5) is 5.69 Å². The highest BCUT2D eigenvalue weighted by Gasteiger charge is 2.15. The van der Waals surface area contributed by atoms with Gasteiger partial charge >= 0.3 is 0 Å². The Morgan fingerprint density at radius 1 is 1.09 bits per heavy atom. The zero-order valence-electron chi connectivity index (χ0n) is 17.7. The number of nitrogens with two attached hydrogens (primary N) is 1. The summed E-state index contributed by atoms with van der Waals surface area (Å²) in [6.07, 6.45) is 0.889. The van der Waals surface area contributed by atoms with Crippen LogP contribution in [0.15, 0.2) is 76.4 Å². The number of fused-ring (bicyclic) bond motifs is 1. The minimum Gasteiger partial charge on any atom is -0.494 e. The first-order valence-corrected chi connectivity index (χ1v) is 11.7. The molecule has 2 aromatic carbocycles. The number of primary sulfonamides is 1. The highest BCUT2D eigenvalue weighted by Crippen LogP contribution is 2.21. The third-order valence-corrected chi connectivity index (χ3v) is 5.82. The molecule has 1 amide bonds. The Morgan fingerprint density at radius 3 is 2.55 bits per heavy atom. The van der Waals surface area contributed by atoms with Gasteiger partial charge in [0.05, 0.1) is 17.2 Å². The minimum absolute atomic E-state index is 0.114. The Morgan fingerprint density at radius 2 is 1.85 bits per heavy atom. The molecule has 2 heterocycles. The van der Waals surface area contributed by atoms with Crippen LogP contribution < -0.4 is 20.8 Å².